The molecular weight excluding hydrogens is 378 g/mol. The van der Waals surface area contributed by atoms with E-state index in [4.69, 9.17) is 0 Å². The lowest BCUT2D eigenvalue weighted by molar-refractivity contribution is -0.131. The van der Waals surface area contributed by atoms with Crippen LogP contribution in [0, 0.1) is 6.92 Å². The van der Waals surface area contributed by atoms with Crippen molar-refractivity contribution in [3.05, 3.63) is 131 Å². The van der Waals surface area contributed by atoms with Crippen molar-refractivity contribution < 1.29 is 4.79 Å². The maximum atomic E-state index is 13.5. The summed E-state index contributed by atoms with van der Waals surface area (Å²) in [6.07, 6.45) is 0.379. The van der Waals surface area contributed by atoms with Crippen molar-refractivity contribution in [3.8, 4) is 11.1 Å². The highest BCUT2D eigenvalue weighted by Crippen LogP contribution is 2.25. The molecule has 0 spiro atoms. The van der Waals surface area contributed by atoms with Crippen molar-refractivity contribution in [1.82, 2.24) is 4.90 Å². The van der Waals surface area contributed by atoms with Gasteiger partial charge in [0.05, 0.1) is 6.42 Å². The molecule has 0 saturated heterocycles. The molecule has 2 heteroatoms. The van der Waals surface area contributed by atoms with Crippen LogP contribution in [0.5, 0.6) is 0 Å². The number of carbonyl (C=O) groups is 1. The highest BCUT2D eigenvalue weighted by molar-refractivity contribution is 5.82. The van der Waals surface area contributed by atoms with Gasteiger partial charge in [0.25, 0.3) is 0 Å². The quantitative estimate of drug-likeness (QED) is 0.347. The van der Waals surface area contributed by atoms with Crippen LogP contribution >= 0.6 is 0 Å². The summed E-state index contributed by atoms with van der Waals surface area (Å²) in [5.74, 6) is 0.132. The van der Waals surface area contributed by atoms with Crippen LogP contribution in [0.15, 0.2) is 109 Å². The van der Waals surface area contributed by atoms with E-state index in [2.05, 4.69) is 67.6 Å². The Morgan fingerprint density at radius 3 is 1.74 bits per heavy atom. The van der Waals surface area contributed by atoms with Crippen molar-refractivity contribution in [1.29, 1.82) is 0 Å². The van der Waals surface area contributed by atoms with E-state index in [0.717, 1.165) is 27.8 Å². The number of amides is 1. The topological polar surface area (TPSA) is 20.3 Å². The molecule has 0 unspecified atom stereocenters. The van der Waals surface area contributed by atoms with Crippen LogP contribution in [-0.2, 0) is 24.3 Å². The molecule has 0 radical (unpaired) electrons. The smallest absolute Gasteiger partial charge is 0.227 e. The third kappa shape index (κ3) is 5.49. The predicted molar refractivity (Wildman–Crippen MR) is 127 cm³/mol. The number of carbonyl (C=O) groups excluding carboxylic acids is 1. The minimum absolute atomic E-state index is 0.132. The number of nitrogens with zero attached hydrogens (tertiary/aromatic N) is 1. The molecule has 0 heterocycles. The van der Waals surface area contributed by atoms with E-state index in [0.29, 0.717) is 19.5 Å². The third-order valence-corrected chi connectivity index (χ3v) is 5.51. The van der Waals surface area contributed by atoms with Crippen molar-refractivity contribution in [3.63, 3.8) is 0 Å². The van der Waals surface area contributed by atoms with Crippen LogP contribution in [0.2, 0.25) is 0 Å². The molecule has 1 amide bonds. The molecule has 0 N–H and O–H groups in total. The van der Waals surface area contributed by atoms with Gasteiger partial charge in [-0.05, 0) is 34.7 Å². The molecule has 4 rings (SSSR count). The van der Waals surface area contributed by atoms with Gasteiger partial charge in [0.2, 0.25) is 5.91 Å². The van der Waals surface area contributed by atoms with Gasteiger partial charge in [0.15, 0.2) is 0 Å². The number of rotatable bonds is 7. The Hall–Kier alpha value is -3.65. The highest BCUT2D eigenvalue weighted by Gasteiger charge is 2.17. The van der Waals surface area contributed by atoms with Gasteiger partial charge in [-0.3, -0.25) is 4.79 Å². The Balaban J connectivity index is 1.59. The van der Waals surface area contributed by atoms with E-state index in [1.165, 1.54) is 5.56 Å². The zero-order chi connectivity index (χ0) is 21.5. The fourth-order valence-electron chi connectivity index (χ4n) is 3.80. The Kier molecular flexibility index (Phi) is 6.59. The minimum Gasteiger partial charge on any atom is -0.334 e. The largest absolute Gasteiger partial charge is 0.334 e. The lowest BCUT2D eigenvalue weighted by atomic mass is 9.96. The maximum absolute atomic E-state index is 13.5. The molecule has 0 bridgehead atoms. The van der Waals surface area contributed by atoms with Gasteiger partial charge in [-0.1, -0.05) is 115 Å². The highest BCUT2D eigenvalue weighted by atomic mass is 16.2. The second-order valence-corrected chi connectivity index (χ2v) is 7.92. The summed E-state index contributed by atoms with van der Waals surface area (Å²) in [5.41, 5.74) is 6.83. The Morgan fingerprint density at radius 1 is 0.645 bits per heavy atom. The molecule has 0 aromatic heterocycles. The lowest BCUT2D eigenvalue weighted by Crippen LogP contribution is -2.31. The molecule has 0 saturated carbocycles. The van der Waals surface area contributed by atoms with Gasteiger partial charge in [-0.15, -0.1) is 0 Å². The first-order valence-electron chi connectivity index (χ1n) is 10.7. The van der Waals surface area contributed by atoms with Crippen LogP contribution < -0.4 is 0 Å². The average Bonchev–Trinajstić information content (AvgIpc) is 2.81. The Labute approximate surface area is 184 Å². The summed E-state index contributed by atoms with van der Waals surface area (Å²) in [6.45, 7) is 3.28. The first-order chi connectivity index (χ1) is 15.2. The lowest BCUT2D eigenvalue weighted by Gasteiger charge is -2.24. The van der Waals surface area contributed by atoms with E-state index >= 15 is 0 Å². The van der Waals surface area contributed by atoms with E-state index in [1.807, 2.05) is 53.4 Å². The monoisotopic (exact) mass is 405 g/mol. The van der Waals surface area contributed by atoms with Crippen LogP contribution in [0.4, 0.5) is 0 Å². The molecule has 4 aromatic carbocycles. The molecule has 0 aliphatic carbocycles. The van der Waals surface area contributed by atoms with Gasteiger partial charge in [-0.25, -0.2) is 0 Å². The first-order valence-corrected chi connectivity index (χ1v) is 10.7. The van der Waals surface area contributed by atoms with Crippen molar-refractivity contribution in [2.24, 2.45) is 0 Å². The maximum Gasteiger partial charge on any atom is 0.227 e. The molecule has 0 atom stereocenters. The van der Waals surface area contributed by atoms with Gasteiger partial charge < -0.3 is 4.90 Å². The molecular formula is C29H27NO. The van der Waals surface area contributed by atoms with Crippen molar-refractivity contribution >= 4 is 5.91 Å². The summed E-state index contributed by atoms with van der Waals surface area (Å²) >= 11 is 0. The van der Waals surface area contributed by atoms with E-state index in [-0.39, 0.29) is 5.91 Å². The zero-order valence-corrected chi connectivity index (χ0v) is 17.9. The first kappa shape index (κ1) is 20.6. The Morgan fingerprint density at radius 2 is 1.16 bits per heavy atom. The molecule has 0 aliphatic heterocycles. The molecule has 0 aliphatic rings. The third-order valence-electron chi connectivity index (χ3n) is 5.51. The van der Waals surface area contributed by atoms with Crippen molar-refractivity contribution in [2.75, 3.05) is 0 Å². The van der Waals surface area contributed by atoms with Crippen LogP contribution in [0.1, 0.15) is 22.3 Å². The van der Waals surface area contributed by atoms with Crippen molar-refractivity contribution in [2.45, 2.75) is 26.4 Å². The second kappa shape index (κ2) is 9.90. The number of aryl methyl sites for hydroxylation is 1. The fourth-order valence-corrected chi connectivity index (χ4v) is 3.80. The number of benzene rings is 4. The number of hydrogen-bond donors (Lipinski definition) is 0. The summed E-state index contributed by atoms with van der Waals surface area (Å²) in [5, 5.41) is 0. The van der Waals surface area contributed by atoms with Gasteiger partial charge in [-0.2, -0.15) is 0 Å². The van der Waals surface area contributed by atoms with Gasteiger partial charge in [0.1, 0.15) is 0 Å². The van der Waals surface area contributed by atoms with Gasteiger partial charge in [0, 0.05) is 13.1 Å². The average molecular weight is 406 g/mol. The molecule has 4 aromatic rings. The second-order valence-electron chi connectivity index (χ2n) is 7.92. The molecule has 0 fully saturated rings. The standard InChI is InChI=1S/C29H27NO/c1-23-16-18-26(19-17-23)28-15-9-8-14-27(28)20-29(31)30(21-24-10-4-2-5-11-24)22-25-12-6-3-7-13-25/h2-19H,20-22H2,1H3. The van der Waals surface area contributed by atoms with Crippen LogP contribution in [0.3, 0.4) is 0 Å². The van der Waals surface area contributed by atoms with Crippen LogP contribution in [-0.4, -0.2) is 10.8 Å². The van der Waals surface area contributed by atoms with Gasteiger partial charge >= 0.3 is 0 Å². The molecule has 154 valence electrons. The fraction of sp³-hybridized carbons (Fsp3) is 0.138. The summed E-state index contributed by atoms with van der Waals surface area (Å²) < 4.78 is 0. The predicted octanol–water partition coefficient (Wildman–Crippen LogP) is 6.43. The van der Waals surface area contributed by atoms with E-state index in [9.17, 15) is 4.79 Å². The summed E-state index contributed by atoms with van der Waals surface area (Å²) in [6, 6.07) is 37.1. The Bertz CT molecular complexity index is 1080. The molecule has 31 heavy (non-hydrogen) atoms. The zero-order valence-electron chi connectivity index (χ0n) is 17.9. The van der Waals surface area contributed by atoms with Crippen LogP contribution in [0.25, 0.3) is 11.1 Å². The number of hydrogen-bond acceptors (Lipinski definition) is 1. The summed E-state index contributed by atoms with van der Waals surface area (Å²) in [4.78, 5) is 15.4. The van der Waals surface area contributed by atoms with E-state index < -0.39 is 0 Å². The minimum atomic E-state index is 0.132. The van der Waals surface area contributed by atoms with E-state index in [1.54, 1.807) is 0 Å². The molecule has 2 nitrogen and oxygen atoms in total. The summed E-state index contributed by atoms with van der Waals surface area (Å²) in [7, 11) is 0. The normalized spacial score (nSPS) is 10.6. The SMILES string of the molecule is Cc1ccc(-c2ccccc2CC(=O)N(Cc2ccccc2)Cc2ccccc2)cc1.